The van der Waals surface area contributed by atoms with Gasteiger partial charge < -0.3 is 10.2 Å². The van der Waals surface area contributed by atoms with E-state index in [1.807, 2.05) is 6.07 Å². The van der Waals surface area contributed by atoms with Gasteiger partial charge in [-0.15, -0.1) is 0 Å². The van der Waals surface area contributed by atoms with Crippen molar-refractivity contribution >= 4 is 11.9 Å². The van der Waals surface area contributed by atoms with Crippen LogP contribution in [0, 0.1) is 0 Å². The fourth-order valence-corrected chi connectivity index (χ4v) is 4.16. The minimum atomic E-state index is -1.16. The number of carboxylic acid groups (broad SMARTS) is 2. The Morgan fingerprint density at radius 2 is 1.10 bits per heavy atom. The summed E-state index contributed by atoms with van der Waals surface area (Å²) in [6, 6.07) is 3.33. The zero-order chi connectivity index (χ0) is 22.2. The molecule has 0 saturated carbocycles. The minimum absolute atomic E-state index is 0.00827. The first kappa shape index (κ1) is 26.2. The predicted molar refractivity (Wildman–Crippen MR) is 124 cm³/mol. The van der Waals surface area contributed by atoms with Crippen molar-refractivity contribution in [2.24, 2.45) is 0 Å². The number of unbranched alkanes of at least 4 members (excludes halogenated alkanes) is 12. The maximum absolute atomic E-state index is 11.9. The number of hydrogen-bond donors (Lipinski definition) is 2. The molecule has 0 aliphatic rings. The summed E-state index contributed by atoms with van der Waals surface area (Å²) < 4.78 is 0. The Hall–Kier alpha value is -1.84. The van der Waals surface area contributed by atoms with E-state index in [9.17, 15) is 19.8 Å². The molecule has 0 unspecified atom stereocenters. The van der Waals surface area contributed by atoms with Crippen molar-refractivity contribution in [3.8, 4) is 0 Å². The molecule has 1 rings (SSSR count). The lowest BCUT2D eigenvalue weighted by atomic mass is 9.89. The summed E-state index contributed by atoms with van der Waals surface area (Å²) in [6.45, 7) is 4.42. The monoisotopic (exact) mass is 418 g/mol. The summed E-state index contributed by atoms with van der Waals surface area (Å²) in [4.78, 5) is 23.5. The normalized spacial score (nSPS) is 11.0. The van der Waals surface area contributed by atoms with Crippen molar-refractivity contribution in [2.45, 2.75) is 117 Å². The Morgan fingerprint density at radius 3 is 1.57 bits per heavy atom. The van der Waals surface area contributed by atoms with Crippen molar-refractivity contribution in [2.75, 3.05) is 0 Å². The third-order valence-electron chi connectivity index (χ3n) is 5.93. The second-order valence-electron chi connectivity index (χ2n) is 8.48. The van der Waals surface area contributed by atoms with Gasteiger partial charge in [-0.1, -0.05) is 97.0 Å². The predicted octanol–water partition coefficient (Wildman–Crippen LogP) is 7.67. The van der Waals surface area contributed by atoms with Crippen LogP contribution in [0.1, 0.15) is 136 Å². The van der Waals surface area contributed by atoms with Crippen LogP contribution >= 0.6 is 0 Å². The third-order valence-corrected chi connectivity index (χ3v) is 5.93. The van der Waals surface area contributed by atoms with E-state index >= 15 is 0 Å². The van der Waals surface area contributed by atoms with E-state index in [-0.39, 0.29) is 11.1 Å². The Balaban J connectivity index is 2.76. The lowest BCUT2D eigenvalue weighted by Gasteiger charge is -2.15. The average Bonchev–Trinajstić information content (AvgIpc) is 2.72. The quantitative estimate of drug-likeness (QED) is 0.240. The van der Waals surface area contributed by atoms with Gasteiger partial charge in [-0.3, -0.25) is 0 Å². The van der Waals surface area contributed by atoms with Crippen LogP contribution in [0.25, 0.3) is 0 Å². The summed E-state index contributed by atoms with van der Waals surface area (Å²) in [5.74, 6) is -2.28. The highest BCUT2D eigenvalue weighted by Crippen LogP contribution is 2.25. The second kappa shape index (κ2) is 15.9. The zero-order valence-electron chi connectivity index (χ0n) is 19.2. The van der Waals surface area contributed by atoms with Gasteiger partial charge in [0.2, 0.25) is 0 Å². The van der Waals surface area contributed by atoms with Crippen LogP contribution in [0.15, 0.2) is 12.1 Å². The van der Waals surface area contributed by atoms with E-state index in [1.54, 1.807) is 0 Å². The van der Waals surface area contributed by atoms with Gasteiger partial charge >= 0.3 is 11.9 Å². The van der Waals surface area contributed by atoms with E-state index in [4.69, 9.17) is 0 Å². The molecule has 170 valence electrons. The molecule has 0 spiro atoms. The largest absolute Gasteiger partial charge is 0.478 e. The maximum atomic E-state index is 11.9. The Morgan fingerprint density at radius 1 is 0.633 bits per heavy atom. The Bertz CT molecular complexity index is 636. The molecule has 0 heterocycles. The van der Waals surface area contributed by atoms with Crippen LogP contribution in [0.5, 0.6) is 0 Å². The first-order valence-electron chi connectivity index (χ1n) is 12.1. The lowest BCUT2D eigenvalue weighted by molar-refractivity contribution is 0.0650. The highest BCUT2D eigenvalue weighted by atomic mass is 16.4. The van der Waals surface area contributed by atoms with E-state index in [0.717, 1.165) is 49.7 Å². The molecule has 0 amide bonds. The molecule has 0 atom stereocenters. The van der Waals surface area contributed by atoms with Gasteiger partial charge in [0.15, 0.2) is 0 Å². The van der Waals surface area contributed by atoms with Crippen LogP contribution in [0.4, 0.5) is 0 Å². The van der Waals surface area contributed by atoms with Crippen molar-refractivity contribution in [3.63, 3.8) is 0 Å². The number of carbonyl (C=O) groups is 2. The summed E-state index contributed by atoms with van der Waals surface area (Å²) in [5, 5.41) is 19.2. The van der Waals surface area contributed by atoms with E-state index in [0.29, 0.717) is 6.42 Å². The highest BCUT2D eigenvalue weighted by Gasteiger charge is 2.22. The van der Waals surface area contributed by atoms with Gasteiger partial charge in [-0.2, -0.15) is 0 Å². The molecule has 0 aliphatic heterocycles. The van der Waals surface area contributed by atoms with Crippen LogP contribution in [0.3, 0.4) is 0 Å². The molecular weight excluding hydrogens is 376 g/mol. The third kappa shape index (κ3) is 9.77. The van der Waals surface area contributed by atoms with Gasteiger partial charge in [-0.05, 0) is 42.9 Å². The Labute approximate surface area is 183 Å². The topological polar surface area (TPSA) is 74.6 Å². The van der Waals surface area contributed by atoms with Crippen molar-refractivity contribution in [3.05, 3.63) is 34.4 Å². The molecule has 30 heavy (non-hydrogen) atoms. The number of hydrogen-bond acceptors (Lipinski definition) is 2. The number of benzene rings is 1. The van der Waals surface area contributed by atoms with Gasteiger partial charge in [-0.25, -0.2) is 9.59 Å². The van der Waals surface area contributed by atoms with Gasteiger partial charge in [0.25, 0.3) is 0 Å². The number of carboxylic acids is 2. The summed E-state index contributed by atoms with van der Waals surface area (Å²) >= 11 is 0. The molecule has 4 nitrogen and oxygen atoms in total. The Kier molecular flexibility index (Phi) is 13.9. The maximum Gasteiger partial charge on any atom is 0.336 e. The summed E-state index contributed by atoms with van der Waals surface area (Å²) in [5.41, 5.74) is 1.71. The van der Waals surface area contributed by atoms with Crippen molar-refractivity contribution in [1.29, 1.82) is 0 Å². The summed E-state index contributed by atoms with van der Waals surface area (Å²) in [7, 11) is 0. The van der Waals surface area contributed by atoms with Gasteiger partial charge in [0.05, 0.1) is 11.1 Å². The smallest absolute Gasteiger partial charge is 0.336 e. The van der Waals surface area contributed by atoms with E-state index < -0.39 is 11.9 Å². The SMILES string of the molecule is CCCCCCCCCc1ccc(C(=O)O)c(C(=O)O)c1CCCCCCCCC. The van der Waals surface area contributed by atoms with Crippen molar-refractivity contribution in [1.82, 2.24) is 0 Å². The molecule has 0 saturated heterocycles. The van der Waals surface area contributed by atoms with Crippen LogP contribution < -0.4 is 0 Å². The first-order valence-corrected chi connectivity index (χ1v) is 12.1. The molecule has 2 N–H and O–H groups in total. The lowest BCUT2D eigenvalue weighted by Crippen LogP contribution is -2.14. The molecule has 1 aromatic rings. The van der Waals surface area contributed by atoms with Crippen LogP contribution in [-0.2, 0) is 12.8 Å². The first-order chi connectivity index (χ1) is 14.5. The highest BCUT2D eigenvalue weighted by molar-refractivity contribution is 6.03. The van der Waals surface area contributed by atoms with Crippen LogP contribution in [0.2, 0.25) is 0 Å². The molecular formula is C26H42O4. The van der Waals surface area contributed by atoms with Crippen molar-refractivity contribution < 1.29 is 19.8 Å². The average molecular weight is 419 g/mol. The number of aromatic carboxylic acids is 2. The van der Waals surface area contributed by atoms with Gasteiger partial charge in [0.1, 0.15) is 0 Å². The molecule has 0 fully saturated rings. The van der Waals surface area contributed by atoms with E-state index in [1.165, 1.54) is 63.9 Å². The van der Waals surface area contributed by atoms with Crippen LogP contribution in [-0.4, -0.2) is 22.2 Å². The van der Waals surface area contributed by atoms with Gasteiger partial charge in [0, 0.05) is 0 Å². The fourth-order valence-electron chi connectivity index (χ4n) is 4.16. The molecule has 0 bridgehead atoms. The molecule has 0 radical (unpaired) electrons. The zero-order valence-corrected chi connectivity index (χ0v) is 19.2. The number of rotatable bonds is 18. The van der Waals surface area contributed by atoms with E-state index in [2.05, 4.69) is 13.8 Å². The molecule has 0 aromatic heterocycles. The second-order valence-corrected chi connectivity index (χ2v) is 8.48. The summed E-state index contributed by atoms with van der Waals surface area (Å²) in [6.07, 6.45) is 18.1. The molecule has 0 aliphatic carbocycles. The molecule has 4 heteroatoms. The standard InChI is InChI=1S/C26H42O4/c1-3-5-7-9-11-13-15-17-21-19-20-23(25(27)28)24(26(29)30)22(21)18-16-14-12-10-8-6-4-2/h19-20H,3-18H2,1-2H3,(H,27,28)(H,29,30). The fraction of sp³-hybridized carbons (Fsp3) is 0.692. The molecule has 1 aromatic carbocycles. The minimum Gasteiger partial charge on any atom is -0.478 e. The number of aryl methyl sites for hydroxylation is 1.